The number of methoxy groups -OCH3 is 2. The molecule has 1 fully saturated rings. The highest BCUT2D eigenvalue weighted by molar-refractivity contribution is 5.74. The summed E-state index contributed by atoms with van der Waals surface area (Å²) in [6, 6.07) is 16.3. The molecular weight excluding hydrogens is 366 g/mol. The summed E-state index contributed by atoms with van der Waals surface area (Å²) < 4.78 is 10.8. The molecule has 156 valence electrons. The van der Waals surface area contributed by atoms with Crippen molar-refractivity contribution < 1.29 is 14.3 Å². The average molecular weight is 398 g/mol. The van der Waals surface area contributed by atoms with Gasteiger partial charge in [-0.2, -0.15) is 0 Å². The molecule has 1 saturated heterocycles. The van der Waals surface area contributed by atoms with Crippen molar-refractivity contribution in [2.75, 3.05) is 46.9 Å². The van der Waals surface area contributed by atoms with E-state index in [4.69, 9.17) is 9.47 Å². The first kappa shape index (κ1) is 21.0. The summed E-state index contributed by atoms with van der Waals surface area (Å²) >= 11 is 0. The molecule has 1 aliphatic rings. The van der Waals surface area contributed by atoms with Crippen molar-refractivity contribution in [3.63, 3.8) is 0 Å². The zero-order valence-electron chi connectivity index (χ0n) is 17.4. The highest BCUT2D eigenvalue weighted by Crippen LogP contribution is 2.25. The Morgan fingerprint density at radius 1 is 1.00 bits per heavy atom. The fraction of sp³-hybridized carbons (Fsp3) is 0.435. The molecule has 1 N–H and O–H groups in total. The van der Waals surface area contributed by atoms with Gasteiger partial charge in [0.15, 0.2) is 0 Å². The van der Waals surface area contributed by atoms with E-state index in [1.54, 1.807) is 14.2 Å². The van der Waals surface area contributed by atoms with Gasteiger partial charge in [0.2, 0.25) is 0 Å². The molecule has 0 radical (unpaired) electrons. The smallest absolute Gasteiger partial charge is 0.317 e. The number of carbonyl (C=O) groups excluding carboxylic acids is 1. The number of hydrogen-bond donors (Lipinski definition) is 1. The maximum absolute atomic E-state index is 12.4. The van der Waals surface area contributed by atoms with Crippen LogP contribution in [0.25, 0.3) is 0 Å². The maximum Gasteiger partial charge on any atom is 0.317 e. The van der Waals surface area contributed by atoms with Crippen molar-refractivity contribution in [3.8, 4) is 11.5 Å². The lowest BCUT2D eigenvalue weighted by Crippen LogP contribution is -2.51. The number of carbonyl (C=O) groups is 1. The van der Waals surface area contributed by atoms with Gasteiger partial charge < -0.3 is 19.7 Å². The summed E-state index contributed by atoms with van der Waals surface area (Å²) in [4.78, 5) is 16.7. The number of hydrogen-bond acceptors (Lipinski definition) is 4. The third kappa shape index (κ3) is 6.12. The van der Waals surface area contributed by atoms with Gasteiger partial charge in [-0.3, -0.25) is 4.90 Å². The molecule has 0 bridgehead atoms. The second kappa shape index (κ2) is 10.7. The Labute approximate surface area is 173 Å². The van der Waals surface area contributed by atoms with Crippen LogP contribution in [0, 0.1) is 0 Å². The number of piperazine rings is 1. The van der Waals surface area contributed by atoms with E-state index in [2.05, 4.69) is 34.5 Å². The van der Waals surface area contributed by atoms with E-state index >= 15 is 0 Å². The Morgan fingerprint density at radius 2 is 1.76 bits per heavy atom. The van der Waals surface area contributed by atoms with Crippen molar-refractivity contribution in [2.45, 2.75) is 19.4 Å². The highest BCUT2D eigenvalue weighted by atomic mass is 16.5. The first-order valence-corrected chi connectivity index (χ1v) is 10.2. The van der Waals surface area contributed by atoms with Crippen LogP contribution in [0.5, 0.6) is 11.5 Å². The van der Waals surface area contributed by atoms with Gasteiger partial charge in [0.1, 0.15) is 11.5 Å². The van der Waals surface area contributed by atoms with E-state index in [-0.39, 0.29) is 6.03 Å². The Hall–Kier alpha value is -2.73. The number of nitrogens with one attached hydrogen (secondary N) is 1. The van der Waals surface area contributed by atoms with Crippen LogP contribution in [0.2, 0.25) is 0 Å². The molecule has 0 spiro atoms. The van der Waals surface area contributed by atoms with E-state index in [9.17, 15) is 4.79 Å². The molecule has 2 amide bonds. The van der Waals surface area contributed by atoms with Crippen LogP contribution in [0.4, 0.5) is 4.79 Å². The molecule has 29 heavy (non-hydrogen) atoms. The Morgan fingerprint density at radius 3 is 2.45 bits per heavy atom. The molecule has 3 rings (SSSR count). The topological polar surface area (TPSA) is 54.0 Å². The van der Waals surface area contributed by atoms with Crippen molar-refractivity contribution in [3.05, 3.63) is 59.7 Å². The number of amides is 2. The predicted molar refractivity (Wildman–Crippen MR) is 115 cm³/mol. The van der Waals surface area contributed by atoms with Crippen molar-refractivity contribution in [1.82, 2.24) is 15.1 Å². The molecule has 2 aromatic rings. The lowest BCUT2D eigenvalue weighted by Gasteiger charge is -2.35. The van der Waals surface area contributed by atoms with Gasteiger partial charge in [0, 0.05) is 44.8 Å². The molecule has 6 nitrogen and oxygen atoms in total. The van der Waals surface area contributed by atoms with Crippen LogP contribution in [0.15, 0.2) is 48.5 Å². The number of nitrogens with zero attached hydrogens (tertiary/aromatic N) is 2. The quantitative estimate of drug-likeness (QED) is 0.695. The standard InChI is InChI=1S/C23H31N3O3/c1-28-21-10-11-22(29-2)20(17-21)18-25-13-15-26(16-14-25)23(27)24-12-6-9-19-7-4-3-5-8-19/h3-5,7-8,10-11,17H,6,9,12-16,18H2,1-2H3,(H,24,27). The van der Waals surface area contributed by atoms with Gasteiger partial charge in [-0.1, -0.05) is 30.3 Å². The third-order valence-corrected chi connectivity index (χ3v) is 5.30. The van der Waals surface area contributed by atoms with E-state index in [1.807, 2.05) is 29.2 Å². The Kier molecular flexibility index (Phi) is 7.76. The zero-order valence-corrected chi connectivity index (χ0v) is 17.4. The average Bonchev–Trinajstić information content (AvgIpc) is 2.77. The molecule has 6 heteroatoms. The third-order valence-electron chi connectivity index (χ3n) is 5.30. The predicted octanol–water partition coefficient (Wildman–Crippen LogP) is 3.16. The number of aryl methyl sites for hydroxylation is 1. The van der Waals surface area contributed by atoms with Crippen molar-refractivity contribution >= 4 is 6.03 Å². The fourth-order valence-corrected chi connectivity index (χ4v) is 3.60. The molecule has 0 aromatic heterocycles. The van der Waals surface area contributed by atoms with Gasteiger partial charge >= 0.3 is 6.03 Å². The first-order chi connectivity index (χ1) is 14.2. The molecule has 0 unspecified atom stereocenters. The van der Waals surface area contributed by atoms with E-state index in [0.29, 0.717) is 6.54 Å². The van der Waals surface area contributed by atoms with Crippen LogP contribution < -0.4 is 14.8 Å². The van der Waals surface area contributed by atoms with E-state index in [1.165, 1.54) is 5.56 Å². The van der Waals surface area contributed by atoms with Crippen LogP contribution >= 0.6 is 0 Å². The number of ether oxygens (including phenoxy) is 2. The molecule has 0 saturated carbocycles. The Balaban J connectivity index is 1.40. The van der Waals surface area contributed by atoms with Gasteiger partial charge in [-0.15, -0.1) is 0 Å². The van der Waals surface area contributed by atoms with Gasteiger partial charge in [-0.05, 0) is 36.6 Å². The monoisotopic (exact) mass is 397 g/mol. The van der Waals surface area contributed by atoms with Gasteiger partial charge in [0.25, 0.3) is 0 Å². The van der Waals surface area contributed by atoms with E-state index in [0.717, 1.165) is 62.6 Å². The fourth-order valence-electron chi connectivity index (χ4n) is 3.60. The number of urea groups is 1. The summed E-state index contributed by atoms with van der Waals surface area (Å²) in [5.74, 6) is 1.69. The van der Waals surface area contributed by atoms with Crippen molar-refractivity contribution in [2.24, 2.45) is 0 Å². The summed E-state index contributed by atoms with van der Waals surface area (Å²) in [6.07, 6.45) is 1.93. The van der Waals surface area contributed by atoms with Crippen molar-refractivity contribution in [1.29, 1.82) is 0 Å². The molecule has 2 aromatic carbocycles. The Bertz CT molecular complexity index is 774. The largest absolute Gasteiger partial charge is 0.497 e. The summed E-state index contributed by atoms with van der Waals surface area (Å²) in [5, 5.41) is 3.05. The molecule has 0 aliphatic carbocycles. The second-order valence-electron chi connectivity index (χ2n) is 7.26. The molecular formula is C23H31N3O3. The van der Waals surface area contributed by atoms with Crippen LogP contribution in [0.1, 0.15) is 17.5 Å². The normalized spacial score (nSPS) is 14.5. The molecule has 1 aliphatic heterocycles. The van der Waals surface area contributed by atoms with E-state index < -0.39 is 0 Å². The SMILES string of the molecule is COc1ccc(OC)c(CN2CCN(C(=O)NCCCc3ccccc3)CC2)c1. The minimum atomic E-state index is 0.0386. The van der Waals surface area contributed by atoms with Gasteiger partial charge in [-0.25, -0.2) is 4.79 Å². The summed E-state index contributed by atoms with van der Waals surface area (Å²) in [5.41, 5.74) is 2.41. The maximum atomic E-state index is 12.4. The highest BCUT2D eigenvalue weighted by Gasteiger charge is 2.21. The first-order valence-electron chi connectivity index (χ1n) is 10.2. The van der Waals surface area contributed by atoms with Crippen LogP contribution in [-0.2, 0) is 13.0 Å². The lowest BCUT2D eigenvalue weighted by atomic mass is 10.1. The van der Waals surface area contributed by atoms with Crippen LogP contribution in [0.3, 0.4) is 0 Å². The van der Waals surface area contributed by atoms with Crippen LogP contribution in [-0.4, -0.2) is 62.8 Å². The zero-order chi connectivity index (χ0) is 20.5. The molecule has 1 heterocycles. The van der Waals surface area contributed by atoms with Gasteiger partial charge in [0.05, 0.1) is 14.2 Å². The minimum absolute atomic E-state index is 0.0386. The summed E-state index contributed by atoms with van der Waals surface area (Å²) in [6.45, 7) is 4.64. The minimum Gasteiger partial charge on any atom is -0.497 e. The molecule has 0 atom stereocenters. The second-order valence-corrected chi connectivity index (χ2v) is 7.26. The number of benzene rings is 2. The number of rotatable bonds is 8. The lowest BCUT2D eigenvalue weighted by molar-refractivity contribution is 0.134. The summed E-state index contributed by atoms with van der Waals surface area (Å²) in [7, 11) is 3.36.